The SMILES string of the molecule is N#CC1(c2ccccc2Cl)CCC1.NC(=O)C1(c2ccccc2Cl)CCC1. The normalized spacial score (nSPS) is 18.7. The Morgan fingerprint density at radius 2 is 1.37 bits per heavy atom. The average Bonchev–Trinajstić information content (AvgIpc) is 2.57. The molecule has 0 unspecified atom stereocenters. The van der Waals surface area contributed by atoms with Gasteiger partial charge in [-0.15, -0.1) is 0 Å². The molecule has 2 fully saturated rings. The van der Waals surface area contributed by atoms with Gasteiger partial charge in [0.1, 0.15) is 0 Å². The highest BCUT2D eigenvalue weighted by atomic mass is 35.5. The molecule has 140 valence electrons. The lowest BCUT2D eigenvalue weighted by molar-refractivity contribution is -0.126. The molecule has 2 N–H and O–H groups in total. The number of carbonyl (C=O) groups is 1. The van der Waals surface area contributed by atoms with Crippen molar-refractivity contribution in [2.24, 2.45) is 5.73 Å². The number of rotatable bonds is 3. The molecule has 4 rings (SSSR count). The molecular weight excluding hydrogens is 379 g/mol. The molecule has 0 aliphatic heterocycles. The van der Waals surface area contributed by atoms with Crippen molar-refractivity contribution in [3.63, 3.8) is 0 Å². The zero-order chi connectivity index (χ0) is 19.5. The van der Waals surface area contributed by atoms with Crippen LogP contribution >= 0.6 is 23.2 Å². The van der Waals surface area contributed by atoms with Gasteiger partial charge in [-0.25, -0.2) is 0 Å². The standard InChI is InChI=1S/C11H12ClNO.C11H10ClN/c12-9-5-2-1-4-8(9)11(10(13)14)6-3-7-11;12-10-5-2-1-4-9(10)11(8-13)6-3-7-11/h1-2,4-5H,3,6-7H2,(H2,13,14);1-2,4-5H,3,6-7H2. The van der Waals surface area contributed by atoms with Gasteiger partial charge in [-0.1, -0.05) is 66.0 Å². The average molecular weight is 401 g/mol. The van der Waals surface area contributed by atoms with Gasteiger partial charge < -0.3 is 5.73 Å². The Labute approximate surface area is 170 Å². The summed E-state index contributed by atoms with van der Waals surface area (Å²) in [5.74, 6) is -0.253. The van der Waals surface area contributed by atoms with E-state index >= 15 is 0 Å². The highest BCUT2D eigenvalue weighted by Gasteiger charge is 2.45. The number of halogens is 2. The third-order valence-corrected chi connectivity index (χ3v) is 6.54. The topological polar surface area (TPSA) is 66.9 Å². The maximum Gasteiger partial charge on any atom is 0.228 e. The predicted octanol–water partition coefficient (Wildman–Crippen LogP) is 5.53. The Hall–Kier alpha value is -2.02. The van der Waals surface area contributed by atoms with Crippen LogP contribution < -0.4 is 5.73 Å². The molecule has 2 aliphatic rings. The fourth-order valence-electron chi connectivity index (χ4n) is 3.85. The maximum atomic E-state index is 11.4. The van der Waals surface area contributed by atoms with E-state index in [-0.39, 0.29) is 11.3 Å². The zero-order valence-electron chi connectivity index (χ0n) is 15.1. The van der Waals surface area contributed by atoms with Crippen molar-refractivity contribution in [3.8, 4) is 6.07 Å². The summed E-state index contributed by atoms with van der Waals surface area (Å²) in [6.07, 6.45) is 5.74. The molecule has 2 aromatic carbocycles. The summed E-state index contributed by atoms with van der Waals surface area (Å²) < 4.78 is 0. The van der Waals surface area contributed by atoms with E-state index in [1.54, 1.807) is 6.07 Å². The lowest BCUT2D eigenvalue weighted by Crippen LogP contribution is -2.46. The number of benzene rings is 2. The molecule has 1 amide bonds. The molecule has 0 radical (unpaired) electrons. The first-order chi connectivity index (χ1) is 12.9. The molecule has 0 bridgehead atoms. The van der Waals surface area contributed by atoms with Crippen molar-refractivity contribution >= 4 is 29.1 Å². The fourth-order valence-corrected chi connectivity index (χ4v) is 4.48. The van der Waals surface area contributed by atoms with Crippen LogP contribution in [0.3, 0.4) is 0 Å². The number of nitrogens with zero attached hydrogens (tertiary/aromatic N) is 1. The van der Waals surface area contributed by atoms with Gasteiger partial charge in [0.25, 0.3) is 0 Å². The molecule has 2 aromatic rings. The van der Waals surface area contributed by atoms with Crippen LogP contribution in [0.15, 0.2) is 48.5 Å². The first-order valence-corrected chi connectivity index (χ1v) is 9.92. The molecule has 3 nitrogen and oxygen atoms in total. The third kappa shape index (κ3) is 3.57. The van der Waals surface area contributed by atoms with Crippen LogP contribution in [0.2, 0.25) is 10.0 Å². The second-order valence-electron chi connectivity index (χ2n) is 7.31. The second-order valence-corrected chi connectivity index (χ2v) is 8.12. The van der Waals surface area contributed by atoms with Crippen LogP contribution in [-0.4, -0.2) is 5.91 Å². The Balaban J connectivity index is 0.000000156. The van der Waals surface area contributed by atoms with Crippen LogP contribution in [0.5, 0.6) is 0 Å². The quantitative estimate of drug-likeness (QED) is 0.735. The van der Waals surface area contributed by atoms with Crippen molar-refractivity contribution in [1.82, 2.24) is 0 Å². The van der Waals surface area contributed by atoms with Gasteiger partial charge in [0.15, 0.2) is 0 Å². The first-order valence-electron chi connectivity index (χ1n) is 9.16. The Morgan fingerprint density at radius 1 is 0.889 bits per heavy atom. The summed E-state index contributed by atoms with van der Waals surface area (Å²) in [6.45, 7) is 0. The van der Waals surface area contributed by atoms with Gasteiger partial charge in [-0.3, -0.25) is 4.79 Å². The number of primary amides is 1. The number of hydrogen-bond donors (Lipinski definition) is 1. The summed E-state index contributed by atoms with van der Waals surface area (Å²) >= 11 is 12.1. The van der Waals surface area contributed by atoms with Crippen molar-refractivity contribution in [2.45, 2.75) is 49.4 Å². The number of amides is 1. The van der Waals surface area contributed by atoms with Gasteiger partial charge in [0.2, 0.25) is 5.91 Å². The number of hydrogen-bond acceptors (Lipinski definition) is 2. The molecule has 0 atom stereocenters. The largest absolute Gasteiger partial charge is 0.369 e. The summed E-state index contributed by atoms with van der Waals surface area (Å²) in [5.41, 5.74) is 6.56. The minimum absolute atomic E-state index is 0.253. The predicted molar refractivity (Wildman–Crippen MR) is 109 cm³/mol. The van der Waals surface area contributed by atoms with Crippen LogP contribution in [0.4, 0.5) is 0 Å². The molecule has 0 saturated heterocycles. The van der Waals surface area contributed by atoms with Crippen molar-refractivity contribution in [2.75, 3.05) is 0 Å². The zero-order valence-corrected chi connectivity index (χ0v) is 16.6. The van der Waals surface area contributed by atoms with E-state index in [9.17, 15) is 4.79 Å². The fraction of sp³-hybridized carbons (Fsp3) is 0.364. The molecule has 0 aromatic heterocycles. The van der Waals surface area contributed by atoms with Gasteiger partial charge in [0.05, 0.1) is 16.9 Å². The van der Waals surface area contributed by atoms with Crippen LogP contribution in [-0.2, 0) is 15.6 Å². The van der Waals surface area contributed by atoms with E-state index in [4.69, 9.17) is 34.2 Å². The molecular formula is C22H22Cl2N2O. The summed E-state index contributed by atoms with van der Waals surface area (Å²) in [6, 6.07) is 17.5. The minimum atomic E-state index is -0.488. The van der Waals surface area contributed by atoms with Crippen LogP contribution in [0.1, 0.15) is 49.7 Å². The number of nitriles is 1. The van der Waals surface area contributed by atoms with E-state index < -0.39 is 5.41 Å². The molecule has 0 spiro atoms. The number of nitrogens with two attached hydrogens (primary N) is 1. The monoisotopic (exact) mass is 400 g/mol. The molecule has 2 aliphatic carbocycles. The smallest absolute Gasteiger partial charge is 0.228 e. The van der Waals surface area contributed by atoms with E-state index in [0.29, 0.717) is 5.02 Å². The number of carbonyl (C=O) groups excluding carboxylic acids is 1. The van der Waals surface area contributed by atoms with Gasteiger partial charge in [0, 0.05) is 10.0 Å². The van der Waals surface area contributed by atoms with Crippen molar-refractivity contribution < 1.29 is 4.79 Å². The van der Waals surface area contributed by atoms with Crippen LogP contribution in [0, 0.1) is 11.3 Å². The lowest BCUT2D eigenvalue weighted by Gasteiger charge is -2.39. The van der Waals surface area contributed by atoms with Crippen molar-refractivity contribution in [3.05, 3.63) is 69.7 Å². The maximum absolute atomic E-state index is 11.4. The highest BCUT2D eigenvalue weighted by Crippen LogP contribution is 2.46. The Morgan fingerprint density at radius 3 is 1.70 bits per heavy atom. The van der Waals surface area contributed by atoms with E-state index in [1.807, 2.05) is 42.5 Å². The minimum Gasteiger partial charge on any atom is -0.369 e. The van der Waals surface area contributed by atoms with Gasteiger partial charge in [-0.05, 0) is 55.4 Å². The Bertz CT molecular complexity index is 880. The summed E-state index contributed by atoms with van der Waals surface area (Å²) in [5, 5.41) is 10.5. The molecule has 27 heavy (non-hydrogen) atoms. The van der Waals surface area contributed by atoms with Gasteiger partial charge >= 0.3 is 0 Å². The Kier molecular flexibility index (Phi) is 5.79. The molecule has 2 saturated carbocycles. The summed E-state index contributed by atoms with van der Waals surface area (Å²) in [7, 11) is 0. The first kappa shape index (κ1) is 19.7. The lowest BCUT2D eigenvalue weighted by atomic mass is 9.64. The van der Waals surface area contributed by atoms with E-state index in [0.717, 1.165) is 54.7 Å². The van der Waals surface area contributed by atoms with Crippen molar-refractivity contribution in [1.29, 1.82) is 5.26 Å². The van der Waals surface area contributed by atoms with E-state index in [2.05, 4.69) is 6.07 Å². The second kappa shape index (κ2) is 7.92. The third-order valence-electron chi connectivity index (χ3n) is 5.88. The molecule has 5 heteroatoms. The summed E-state index contributed by atoms with van der Waals surface area (Å²) in [4.78, 5) is 11.4. The van der Waals surface area contributed by atoms with Gasteiger partial charge in [-0.2, -0.15) is 5.26 Å². The molecule has 0 heterocycles. The highest BCUT2D eigenvalue weighted by molar-refractivity contribution is 6.32. The van der Waals surface area contributed by atoms with Crippen LogP contribution in [0.25, 0.3) is 0 Å². The van der Waals surface area contributed by atoms with E-state index in [1.165, 1.54) is 0 Å².